The summed E-state index contributed by atoms with van der Waals surface area (Å²) < 4.78 is 27.7. The van der Waals surface area contributed by atoms with Gasteiger partial charge in [0.25, 0.3) is 5.91 Å². The summed E-state index contributed by atoms with van der Waals surface area (Å²) in [5.74, 6) is -5.50. The third kappa shape index (κ3) is 5.79. The molecule has 1 saturated heterocycles. The number of benzene rings is 3. The van der Waals surface area contributed by atoms with Crippen molar-refractivity contribution in [2.24, 2.45) is 5.73 Å². The van der Waals surface area contributed by atoms with Crippen LogP contribution in [0.4, 0.5) is 8.78 Å². The fourth-order valence-corrected chi connectivity index (χ4v) is 4.93. The maximum absolute atomic E-state index is 13.9. The second kappa shape index (κ2) is 11.6. The van der Waals surface area contributed by atoms with Gasteiger partial charge in [-0.15, -0.1) is 0 Å². The van der Waals surface area contributed by atoms with Crippen molar-refractivity contribution in [1.29, 1.82) is 0 Å². The number of carbonyl (C=O) groups is 3. The van der Waals surface area contributed by atoms with Crippen LogP contribution in [-0.4, -0.2) is 46.4 Å². The average molecular weight is 522 g/mol. The van der Waals surface area contributed by atoms with Gasteiger partial charge in [0.1, 0.15) is 17.7 Å². The van der Waals surface area contributed by atoms with Gasteiger partial charge in [-0.1, -0.05) is 60.7 Å². The molecule has 0 aliphatic carbocycles. The number of hydrogen-bond acceptors (Lipinski definition) is 5. The van der Waals surface area contributed by atoms with E-state index in [1.54, 1.807) is 24.3 Å². The summed E-state index contributed by atoms with van der Waals surface area (Å²) in [6, 6.07) is 18.2. The zero-order valence-corrected chi connectivity index (χ0v) is 20.8. The Kier molecular flexibility index (Phi) is 8.29. The number of carbonyl (C=O) groups excluding carboxylic acids is 3. The van der Waals surface area contributed by atoms with Crippen molar-refractivity contribution in [3.05, 3.63) is 107 Å². The lowest BCUT2D eigenvalue weighted by molar-refractivity contribution is -0.158. The van der Waals surface area contributed by atoms with E-state index >= 15 is 0 Å². The highest BCUT2D eigenvalue weighted by Gasteiger charge is 2.46. The first-order valence-electron chi connectivity index (χ1n) is 12.3. The number of halogens is 2. The number of aliphatic hydroxyl groups is 1. The van der Waals surface area contributed by atoms with E-state index in [0.717, 1.165) is 17.7 Å². The van der Waals surface area contributed by atoms with Crippen LogP contribution in [0, 0.1) is 11.6 Å². The first kappa shape index (κ1) is 27.1. The predicted molar refractivity (Wildman–Crippen MR) is 137 cm³/mol. The summed E-state index contributed by atoms with van der Waals surface area (Å²) in [7, 11) is 0. The Bertz CT molecular complexity index is 1280. The van der Waals surface area contributed by atoms with E-state index in [0.29, 0.717) is 23.0 Å². The van der Waals surface area contributed by atoms with Gasteiger partial charge >= 0.3 is 0 Å². The lowest BCUT2D eigenvalue weighted by Crippen LogP contribution is -2.58. The molecule has 7 nitrogen and oxygen atoms in total. The molecule has 9 heteroatoms. The predicted octanol–water partition coefficient (Wildman–Crippen LogP) is 3.16. The molecule has 0 bridgehead atoms. The second-order valence-corrected chi connectivity index (χ2v) is 9.49. The van der Waals surface area contributed by atoms with E-state index in [-0.39, 0.29) is 18.0 Å². The third-order valence-electron chi connectivity index (χ3n) is 6.79. The normalized spacial score (nSPS) is 21.1. The summed E-state index contributed by atoms with van der Waals surface area (Å²) in [6.45, 7) is 1.62. The van der Waals surface area contributed by atoms with E-state index in [9.17, 15) is 28.3 Å². The highest BCUT2D eigenvalue weighted by Crippen LogP contribution is 2.37. The van der Waals surface area contributed by atoms with Crippen LogP contribution < -0.4 is 11.1 Å². The van der Waals surface area contributed by atoms with Crippen LogP contribution in [0.1, 0.15) is 48.0 Å². The molecule has 0 saturated carbocycles. The second-order valence-electron chi connectivity index (χ2n) is 9.49. The molecule has 0 spiro atoms. The Labute approximate surface area is 219 Å². The molecule has 3 aromatic rings. The Balaban J connectivity index is 1.81. The maximum atomic E-state index is 13.9. The first-order valence-corrected chi connectivity index (χ1v) is 12.3. The van der Waals surface area contributed by atoms with Crippen LogP contribution in [0.5, 0.6) is 0 Å². The number of amides is 3. The number of imide groups is 1. The van der Waals surface area contributed by atoms with Crippen LogP contribution in [0.2, 0.25) is 0 Å². The quantitative estimate of drug-likeness (QED) is 0.461. The Hall–Kier alpha value is -3.95. The molecule has 1 heterocycles. The van der Waals surface area contributed by atoms with Crippen LogP contribution in [-0.2, 0) is 14.4 Å². The number of nitrogens with one attached hydrogen (secondary N) is 1. The minimum atomic E-state index is -2.11. The van der Waals surface area contributed by atoms with Gasteiger partial charge in [-0.3, -0.25) is 19.3 Å². The van der Waals surface area contributed by atoms with Crippen molar-refractivity contribution in [3.63, 3.8) is 0 Å². The van der Waals surface area contributed by atoms with Crippen LogP contribution in [0.3, 0.4) is 0 Å². The lowest BCUT2D eigenvalue weighted by Gasteiger charge is -2.36. The molecular formula is C29H29F2N3O4. The molecule has 4 N–H and O–H groups in total. The third-order valence-corrected chi connectivity index (χ3v) is 6.79. The van der Waals surface area contributed by atoms with E-state index in [1.165, 1.54) is 6.92 Å². The van der Waals surface area contributed by atoms with Crippen molar-refractivity contribution >= 4 is 17.7 Å². The molecule has 1 fully saturated rings. The fourth-order valence-electron chi connectivity index (χ4n) is 4.93. The minimum absolute atomic E-state index is 0.139. The molecule has 198 valence electrons. The first-order chi connectivity index (χ1) is 18.2. The summed E-state index contributed by atoms with van der Waals surface area (Å²) in [6.07, 6.45) is -1.72. The fraction of sp³-hybridized carbons (Fsp3) is 0.276. The van der Waals surface area contributed by atoms with E-state index < -0.39 is 53.5 Å². The summed E-state index contributed by atoms with van der Waals surface area (Å²) in [4.78, 5) is 41.3. The summed E-state index contributed by atoms with van der Waals surface area (Å²) >= 11 is 0. The van der Waals surface area contributed by atoms with Gasteiger partial charge in [0.2, 0.25) is 11.8 Å². The van der Waals surface area contributed by atoms with Crippen molar-refractivity contribution < 1.29 is 28.3 Å². The molecule has 1 aliphatic rings. The molecule has 0 unspecified atom stereocenters. The van der Waals surface area contributed by atoms with Gasteiger partial charge in [0, 0.05) is 24.4 Å². The van der Waals surface area contributed by atoms with Crippen molar-refractivity contribution in [1.82, 2.24) is 10.2 Å². The molecular weight excluding hydrogens is 492 g/mol. The maximum Gasteiger partial charge on any atom is 0.263 e. The minimum Gasteiger partial charge on any atom is -0.378 e. The van der Waals surface area contributed by atoms with Gasteiger partial charge < -0.3 is 16.2 Å². The SMILES string of the molecule is C[C@H](N)C(=O)N(C(=O)[C@H](O)c1cc(F)cc(F)c1)[C@@H]1C(=O)NC[C@@H](c2ccccc2)C[C@@H]1c1ccccc1. The van der Waals surface area contributed by atoms with Crippen molar-refractivity contribution in [3.8, 4) is 0 Å². The van der Waals surface area contributed by atoms with Gasteiger partial charge in [-0.2, -0.15) is 0 Å². The average Bonchev–Trinajstić information content (AvgIpc) is 3.08. The lowest BCUT2D eigenvalue weighted by atomic mass is 9.81. The van der Waals surface area contributed by atoms with Crippen molar-refractivity contribution in [2.75, 3.05) is 6.54 Å². The van der Waals surface area contributed by atoms with Gasteiger partial charge in [-0.05, 0) is 42.2 Å². The molecule has 0 radical (unpaired) electrons. The van der Waals surface area contributed by atoms with E-state index in [1.807, 2.05) is 36.4 Å². The highest BCUT2D eigenvalue weighted by molar-refractivity contribution is 6.04. The standard InChI is InChI=1S/C29H29F2N3O4/c1-17(32)28(37)34(29(38)26(35)20-12-22(30)15-23(31)13-20)25-24(19-10-6-3-7-11-19)14-21(16-33-27(25)36)18-8-4-2-5-9-18/h2-13,15,17,21,24-26,35H,14,16,32H2,1H3,(H,33,36)/t17-,21-,24+,25-,26+/m0/s1. The van der Waals surface area contributed by atoms with Crippen LogP contribution in [0.15, 0.2) is 78.9 Å². The number of nitrogens with zero attached hydrogens (tertiary/aromatic N) is 1. The molecule has 3 aromatic carbocycles. The van der Waals surface area contributed by atoms with Gasteiger partial charge in [0.15, 0.2) is 6.10 Å². The van der Waals surface area contributed by atoms with Crippen LogP contribution >= 0.6 is 0 Å². The highest BCUT2D eigenvalue weighted by atomic mass is 19.1. The monoisotopic (exact) mass is 521 g/mol. The number of hydrogen-bond donors (Lipinski definition) is 3. The van der Waals surface area contributed by atoms with Crippen molar-refractivity contribution in [2.45, 2.75) is 43.4 Å². The zero-order valence-electron chi connectivity index (χ0n) is 20.8. The van der Waals surface area contributed by atoms with Gasteiger partial charge in [0.05, 0.1) is 6.04 Å². The molecule has 3 amide bonds. The van der Waals surface area contributed by atoms with Gasteiger partial charge in [-0.25, -0.2) is 8.78 Å². The smallest absolute Gasteiger partial charge is 0.263 e. The molecule has 5 atom stereocenters. The van der Waals surface area contributed by atoms with E-state index in [2.05, 4.69) is 5.32 Å². The number of aliphatic hydroxyl groups excluding tert-OH is 1. The molecule has 38 heavy (non-hydrogen) atoms. The largest absolute Gasteiger partial charge is 0.378 e. The van der Waals surface area contributed by atoms with E-state index in [4.69, 9.17) is 5.73 Å². The summed E-state index contributed by atoms with van der Waals surface area (Å²) in [5, 5.41) is 13.7. The summed E-state index contributed by atoms with van der Waals surface area (Å²) in [5.41, 5.74) is 7.17. The Morgan fingerprint density at radius 3 is 2.05 bits per heavy atom. The zero-order chi connectivity index (χ0) is 27.4. The number of rotatable bonds is 6. The molecule has 0 aromatic heterocycles. The Morgan fingerprint density at radius 2 is 1.50 bits per heavy atom. The number of nitrogens with two attached hydrogens (primary N) is 1. The topological polar surface area (TPSA) is 113 Å². The van der Waals surface area contributed by atoms with Crippen LogP contribution in [0.25, 0.3) is 0 Å². The Morgan fingerprint density at radius 1 is 0.947 bits per heavy atom. The molecule has 1 aliphatic heterocycles. The molecule has 4 rings (SSSR count).